The molecule has 2 N–H and O–H groups in total. The summed E-state index contributed by atoms with van der Waals surface area (Å²) in [5, 5.41) is 13.4. The quantitative estimate of drug-likeness (QED) is 0.812. The number of aromatic nitrogens is 1. The highest BCUT2D eigenvalue weighted by Crippen LogP contribution is 2.29. The van der Waals surface area contributed by atoms with Gasteiger partial charge in [-0.2, -0.15) is 0 Å². The lowest BCUT2D eigenvalue weighted by Crippen LogP contribution is -2.49. The van der Waals surface area contributed by atoms with Crippen molar-refractivity contribution in [3.63, 3.8) is 0 Å². The highest BCUT2D eigenvalue weighted by Gasteiger charge is 2.34. The van der Waals surface area contributed by atoms with Crippen molar-refractivity contribution in [2.24, 2.45) is 0 Å². The number of carbonyl (C=O) groups is 1. The number of carbonyl (C=O) groups excluding carboxylic acids is 1. The van der Waals surface area contributed by atoms with Gasteiger partial charge in [-0.25, -0.2) is 4.98 Å². The lowest BCUT2D eigenvalue weighted by Gasteiger charge is -2.28. The Kier molecular flexibility index (Phi) is 4.82. The van der Waals surface area contributed by atoms with Gasteiger partial charge in [-0.15, -0.1) is 11.8 Å². The number of nitrogens with one attached hydrogen (secondary N) is 1. The van der Waals surface area contributed by atoms with E-state index >= 15 is 0 Å². The maximum Gasteiger partial charge on any atom is 0.251 e. The summed E-state index contributed by atoms with van der Waals surface area (Å²) in [6, 6.07) is 3.53. The second-order valence-corrected chi connectivity index (χ2v) is 6.20. The third-order valence-electron chi connectivity index (χ3n) is 3.53. The average Bonchev–Trinajstić information content (AvgIpc) is 2.88. The van der Waals surface area contributed by atoms with Crippen LogP contribution in [0.5, 0.6) is 0 Å². The Morgan fingerprint density at radius 3 is 2.89 bits per heavy atom. The van der Waals surface area contributed by atoms with Crippen molar-refractivity contribution < 1.29 is 9.90 Å². The third kappa shape index (κ3) is 3.48. The minimum Gasteiger partial charge on any atom is -0.394 e. The molecule has 0 unspecified atom stereocenters. The molecule has 0 atom stereocenters. The Morgan fingerprint density at radius 2 is 2.26 bits per heavy atom. The molecule has 104 valence electrons. The molecule has 1 aromatic rings. The van der Waals surface area contributed by atoms with Crippen molar-refractivity contribution >= 4 is 17.7 Å². The predicted molar refractivity (Wildman–Crippen MR) is 76.4 cm³/mol. The number of pyridine rings is 1. The minimum absolute atomic E-state index is 0.0143. The van der Waals surface area contributed by atoms with Crippen LogP contribution in [0.15, 0.2) is 23.4 Å². The molecule has 5 heteroatoms. The van der Waals surface area contributed by atoms with Gasteiger partial charge in [0, 0.05) is 11.8 Å². The number of aliphatic hydroxyl groups is 1. The Hall–Kier alpha value is -1.07. The van der Waals surface area contributed by atoms with E-state index in [1.54, 1.807) is 24.0 Å². The second kappa shape index (κ2) is 6.39. The Labute approximate surface area is 118 Å². The number of rotatable bonds is 5. The molecule has 19 heavy (non-hydrogen) atoms. The fourth-order valence-electron chi connectivity index (χ4n) is 2.46. The zero-order valence-corrected chi connectivity index (χ0v) is 12.0. The molecule has 1 aliphatic carbocycles. The van der Waals surface area contributed by atoms with E-state index in [-0.39, 0.29) is 12.5 Å². The molecule has 0 aromatic carbocycles. The van der Waals surface area contributed by atoms with Crippen molar-refractivity contribution in [2.45, 2.75) is 43.2 Å². The summed E-state index contributed by atoms with van der Waals surface area (Å²) >= 11 is 1.61. The van der Waals surface area contributed by atoms with Gasteiger partial charge in [-0.05, 0) is 30.7 Å². The first-order valence-corrected chi connectivity index (χ1v) is 7.70. The summed E-state index contributed by atoms with van der Waals surface area (Å²) in [4.78, 5) is 16.5. The molecule has 1 amide bonds. The third-order valence-corrected chi connectivity index (χ3v) is 4.34. The van der Waals surface area contributed by atoms with Crippen molar-refractivity contribution in [1.29, 1.82) is 0 Å². The van der Waals surface area contributed by atoms with E-state index in [0.717, 1.165) is 36.5 Å². The molecule has 1 aliphatic rings. The van der Waals surface area contributed by atoms with Crippen molar-refractivity contribution in [2.75, 3.05) is 12.4 Å². The van der Waals surface area contributed by atoms with Gasteiger partial charge in [0.1, 0.15) is 0 Å². The van der Waals surface area contributed by atoms with E-state index in [2.05, 4.69) is 17.2 Å². The van der Waals surface area contributed by atoms with E-state index in [1.165, 1.54) is 0 Å². The van der Waals surface area contributed by atoms with Crippen LogP contribution in [0.4, 0.5) is 0 Å². The van der Waals surface area contributed by atoms with E-state index in [0.29, 0.717) is 5.56 Å². The molecule has 4 nitrogen and oxygen atoms in total. The van der Waals surface area contributed by atoms with E-state index in [1.807, 2.05) is 6.07 Å². The first-order chi connectivity index (χ1) is 9.19. The Morgan fingerprint density at radius 1 is 1.53 bits per heavy atom. The normalized spacial score (nSPS) is 17.4. The molecule has 1 saturated carbocycles. The number of aliphatic hydroxyl groups excluding tert-OH is 1. The molecule has 0 bridgehead atoms. The monoisotopic (exact) mass is 280 g/mol. The highest BCUT2D eigenvalue weighted by atomic mass is 32.2. The SMILES string of the molecule is CCSc1cc(C(=O)NC2(CO)CCCC2)ccn1. The fourth-order valence-corrected chi connectivity index (χ4v) is 3.11. The van der Waals surface area contributed by atoms with Crippen LogP contribution >= 0.6 is 11.8 Å². The molecule has 0 saturated heterocycles. The minimum atomic E-state index is -0.418. The zero-order valence-electron chi connectivity index (χ0n) is 11.2. The Bertz CT molecular complexity index is 445. The van der Waals surface area contributed by atoms with Gasteiger partial charge in [0.2, 0.25) is 0 Å². The molecular formula is C14H20N2O2S. The smallest absolute Gasteiger partial charge is 0.251 e. The van der Waals surface area contributed by atoms with E-state index in [9.17, 15) is 9.90 Å². The topological polar surface area (TPSA) is 62.2 Å². The first-order valence-electron chi connectivity index (χ1n) is 6.71. The largest absolute Gasteiger partial charge is 0.394 e. The van der Waals surface area contributed by atoms with Crippen LogP contribution in [-0.4, -0.2) is 33.9 Å². The summed E-state index contributed by atoms with van der Waals surface area (Å²) in [6.45, 7) is 2.07. The van der Waals surface area contributed by atoms with E-state index in [4.69, 9.17) is 0 Å². The summed E-state index contributed by atoms with van der Waals surface area (Å²) in [5.41, 5.74) is 0.198. The first kappa shape index (κ1) is 14.3. The number of thioether (sulfide) groups is 1. The lowest BCUT2D eigenvalue weighted by atomic mass is 9.98. The molecule has 0 radical (unpaired) electrons. The van der Waals surface area contributed by atoms with Crippen LogP contribution in [0, 0.1) is 0 Å². The van der Waals surface area contributed by atoms with Crippen molar-refractivity contribution in [3.05, 3.63) is 23.9 Å². The van der Waals surface area contributed by atoms with Crippen molar-refractivity contribution in [1.82, 2.24) is 10.3 Å². The molecule has 1 fully saturated rings. The van der Waals surface area contributed by atoms with Crippen LogP contribution in [0.3, 0.4) is 0 Å². The molecular weight excluding hydrogens is 260 g/mol. The summed E-state index contributed by atoms with van der Waals surface area (Å²) in [6.07, 6.45) is 5.50. The van der Waals surface area contributed by atoms with Gasteiger partial charge in [0.25, 0.3) is 5.91 Å². The number of nitrogens with zero attached hydrogens (tertiary/aromatic N) is 1. The van der Waals surface area contributed by atoms with Gasteiger partial charge < -0.3 is 10.4 Å². The Balaban J connectivity index is 2.08. The van der Waals surface area contributed by atoms with Gasteiger partial charge in [0.05, 0.1) is 17.2 Å². The second-order valence-electron chi connectivity index (χ2n) is 4.92. The predicted octanol–water partition coefficient (Wildman–Crippen LogP) is 2.23. The molecule has 2 rings (SSSR count). The fraction of sp³-hybridized carbons (Fsp3) is 0.571. The molecule has 1 aromatic heterocycles. The summed E-state index contributed by atoms with van der Waals surface area (Å²) in [7, 11) is 0. The number of hydrogen-bond donors (Lipinski definition) is 2. The number of hydrogen-bond acceptors (Lipinski definition) is 4. The standard InChI is InChI=1S/C14H20N2O2S/c1-2-19-12-9-11(5-8-15-12)13(18)16-14(10-17)6-3-4-7-14/h5,8-9,17H,2-4,6-7,10H2,1H3,(H,16,18). The van der Waals surface area contributed by atoms with Crippen LogP contribution in [0.2, 0.25) is 0 Å². The van der Waals surface area contributed by atoms with Crippen molar-refractivity contribution in [3.8, 4) is 0 Å². The van der Waals surface area contributed by atoms with Crippen LogP contribution in [0.25, 0.3) is 0 Å². The molecule has 1 heterocycles. The van der Waals surface area contributed by atoms with Crippen LogP contribution in [0.1, 0.15) is 43.0 Å². The van der Waals surface area contributed by atoms with Gasteiger partial charge in [0.15, 0.2) is 0 Å². The number of amides is 1. The summed E-state index contributed by atoms with van der Waals surface area (Å²) in [5.74, 6) is 0.815. The molecule has 0 aliphatic heterocycles. The molecule has 0 spiro atoms. The highest BCUT2D eigenvalue weighted by molar-refractivity contribution is 7.99. The van der Waals surface area contributed by atoms with Crippen LogP contribution < -0.4 is 5.32 Å². The average molecular weight is 280 g/mol. The van der Waals surface area contributed by atoms with Gasteiger partial charge >= 0.3 is 0 Å². The maximum atomic E-state index is 12.3. The van der Waals surface area contributed by atoms with Crippen LogP contribution in [-0.2, 0) is 0 Å². The van der Waals surface area contributed by atoms with E-state index < -0.39 is 5.54 Å². The van der Waals surface area contributed by atoms with Gasteiger partial charge in [-0.3, -0.25) is 4.79 Å². The zero-order chi connectivity index (χ0) is 13.7. The summed E-state index contributed by atoms with van der Waals surface area (Å²) < 4.78 is 0. The maximum absolute atomic E-state index is 12.3. The lowest BCUT2D eigenvalue weighted by molar-refractivity contribution is 0.0838. The van der Waals surface area contributed by atoms with Gasteiger partial charge in [-0.1, -0.05) is 19.8 Å².